The predicted octanol–water partition coefficient (Wildman–Crippen LogP) is 0.526. The summed E-state index contributed by atoms with van der Waals surface area (Å²) in [5, 5.41) is 8.97. The minimum absolute atomic E-state index is 0. The Bertz CT molecular complexity index is 57.9. The average molecular weight is 140 g/mol. The van der Waals surface area contributed by atoms with E-state index >= 15 is 0 Å². The Hall–Kier alpha value is 0.210. The van der Waals surface area contributed by atoms with E-state index in [0.717, 1.165) is 0 Å². The predicted molar refractivity (Wildman–Crippen MR) is 37.2 cm³/mol. The molecule has 0 aliphatic rings. The lowest BCUT2D eigenvalue weighted by Crippen LogP contribution is -2.40. The van der Waals surface area contributed by atoms with Crippen LogP contribution < -0.4 is 5.73 Å². The highest BCUT2D eigenvalue weighted by atomic mass is 35.5. The normalized spacial score (nSPS) is 14.6. The number of hydrogen-bond acceptors (Lipinski definition) is 2. The van der Waals surface area contributed by atoms with E-state index in [-0.39, 0.29) is 18.4 Å². The molecule has 0 aliphatic heterocycles. The molecule has 52 valence electrons. The molecule has 0 saturated carbocycles. The van der Waals surface area contributed by atoms with Crippen LogP contribution in [0.1, 0.15) is 20.8 Å². The molecule has 0 aromatic rings. The Morgan fingerprint density at radius 2 is 1.62 bits per heavy atom. The van der Waals surface area contributed by atoms with Gasteiger partial charge in [-0.05, 0) is 20.8 Å². The molecule has 0 bridgehead atoms. The van der Waals surface area contributed by atoms with E-state index in [0.29, 0.717) is 0 Å². The fourth-order valence-electron chi connectivity index (χ4n) is 0. The monoisotopic (exact) mass is 139 g/mol. The minimum Gasteiger partial charge on any atom is -0.389 e. The lowest BCUT2D eigenvalue weighted by Gasteiger charge is -2.20. The number of halogens is 1. The van der Waals surface area contributed by atoms with Crippen LogP contribution in [-0.4, -0.2) is 16.7 Å². The molecule has 0 rings (SSSR count). The van der Waals surface area contributed by atoms with Crippen LogP contribution in [0, 0.1) is 0 Å². The highest BCUT2D eigenvalue weighted by Gasteiger charge is 2.16. The molecule has 0 fully saturated rings. The van der Waals surface area contributed by atoms with E-state index in [9.17, 15) is 0 Å². The first-order valence-corrected chi connectivity index (χ1v) is 2.42. The van der Waals surface area contributed by atoms with Gasteiger partial charge in [0.05, 0.1) is 5.60 Å². The molecule has 0 amide bonds. The van der Waals surface area contributed by atoms with E-state index < -0.39 is 5.60 Å². The van der Waals surface area contributed by atoms with Crippen molar-refractivity contribution in [3.8, 4) is 0 Å². The molecule has 0 unspecified atom stereocenters. The second-order valence-corrected chi connectivity index (χ2v) is 2.44. The molecule has 1 atom stereocenters. The summed E-state index contributed by atoms with van der Waals surface area (Å²) in [6.45, 7) is 5.16. The highest BCUT2D eigenvalue weighted by molar-refractivity contribution is 5.85. The third-order valence-electron chi connectivity index (χ3n) is 1.11. The summed E-state index contributed by atoms with van der Waals surface area (Å²) in [5.74, 6) is 0. The maximum absolute atomic E-state index is 8.97. The Morgan fingerprint density at radius 1 is 1.50 bits per heavy atom. The first-order chi connectivity index (χ1) is 2.94. The van der Waals surface area contributed by atoms with E-state index in [1.54, 1.807) is 20.8 Å². The molecule has 0 saturated heterocycles. The van der Waals surface area contributed by atoms with E-state index in [2.05, 4.69) is 0 Å². The van der Waals surface area contributed by atoms with E-state index in [1.165, 1.54) is 0 Å². The summed E-state index contributed by atoms with van der Waals surface area (Å²) < 4.78 is 0. The number of nitrogens with two attached hydrogens (primary N) is 1. The smallest absolute Gasteiger partial charge is 0.0739 e. The van der Waals surface area contributed by atoms with Gasteiger partial charge in [-0.2, -0.15) is 0 Å². The topological polar surface area (TPSA) is 46.2 Å². The summed E-state index contributed by atoms with van der Waals surface area (Å²) in [5.41, 5.74) is 4.60. The largest absolute Gasteiger partial charge is 0.389 e. The van der Waals surface area contributed by atoms with Crippen LogP contribution in [0.4, 0.5) is 0 Å². The highest BCUT2D eigenvalue weighted by Crippen LogP contribution is 2.03. The maximum atomic E-state index is 8.97. The lowest BCUT2D eigenvalue weighted by molar-refractivity contribution is 0.0582. The van der Waals surface area contributed by atoms with Crippen LogP contribution >= 0.6 is 12.4 Å². The van der Waals surface area contributed by atoms with Gasteiger partial charge in [0.15, 0.2) is 0 Å². The molecule has 3 heteroatoms. The van der Waals surface area contributed by atoms with Crippen molar-refractivity contribution in [2.45, 2.75) is 32.4 Å². The van der Waals surface area contributed by atoms with Crippen LogP contribution in [0.5, 0.6) is 0 Å². The SMILES string of the molecule is C[C@@H](N)C(C)(C)O.Cl. The summed E-state index contributed by atoms with van der Waals surface area (Å²) in [7, 11) is 0. The minimum atomic E-state index is -0.722. The Balaban J connectivity index is 0. The van der Waals surface area contributed by atoms with Gasteiger partial charge in [-0.3, -0.25) is 0 Å². The van der Waals surface area contributed by atoms with Crippen molar-refractivity contribution in [2.75, 3.05) is 0 Å². The molecule has 0 heterocycles. The van der Waals surface area contributed by atoms with Crippen molar-refractivity contribution in [2.24, 2.45) is 5.73 Å². The number of aliphatic hydroxyl groups is 1. The molecule has 8 heavy (non-hydrogen) atoms. The number of hydrogen-bond donors (Lipinski definition) is 2. The summed E-state index contributed by atoms with van der Waals surface area (Å²) >= 11 is 0. The Kier molecular flexibility index (Phi) is 4.53. The zero-order valence-electron chi connectivity index (χ0n) is 5.51. The van der Waals surface area contributed by atoms with Crippen molar-refractivity contribution in [1.82, 2.24) is 0 Å². The summed E-state index contributed by atoms with van der Waals surface area (Å²) in [4.78, 5) is 0. The van der Waals surface area contributed by atoms with Crippen LogP contribution in [0.25, 0.3) is 0 Å². The molecule has 0 radical (unpaired) electrons. The van der Waals surface area contributed by atoms with Crippen molar-refractivity contribution in [1.29, 1.82) is 0 Å². The summed E-state index contributed by atoms with van der Waals surface area (Å²) in [6, 6.07) is -0.146. The van der Waals surface area contributed by atoms with Gasteiger partial charge in [0, 0.05) is 6.04 Å². The second kappa shape index (κ2) is 3.28. The molecule has 0 spiro atoms. The zero-order valence-corrected chi connectivity index (χ0v) is 6.33. The van der Waals surface area contributed by atoms with Crippen molar-refractivity contribution in [3.63, 3.8) is 0 Å². The van der Waals surface area contributed by atoms with Gasteiger partial charge in [-0.25, -0.2) is 0 Å². The lowest BCUT2D eigenvalue weighted by atomic mass is 10.0. The molecule has 3 N–H and O–H groups in total. The molecule has 0 aromatic heterocycles. The van der Waals surface area contributed by atoms with Crippen LogP contribution in [0.15, 0.2) is 0 Å². The number of rotatable bonds is 1. The quantitative estimate of drug-likeness (QED) is 0.557. The van der Waals surface area contributed by atoms with Crippen molar-refractivity contribution in [3.05, 3.63) is 0 Å². The maximum Gasteiger partial charge on any atom is 0.0739 e. The molecule has 0 aliphatic carbocycles. The fourth-order valence-corrected chi connectivity index (χ4v) is 0. The van der Waals surface area contributed by atoms with Gasteiger partial charge >= 0.3 is 0 Å². The van der Waals surface area contributed by atoms with Gasteiger partial charge in [-0.15, -0.1) is 12.4 Å². The first kappa shape index (κ1) is 11.1. The molecular weight excluding hydrogens is 126 g/mol. The molecule has 2 nitrogen and oxygen atoms in total. The second-order valence-electron chi connectivity index (χ2n) is 2.44. The Labute approximate surface area is 56.5 Å². The van der Waals surface area contributed by atoms with Gasteiger partial charge < -0.3 is 10.8 Å². The van der Waals surface area contributed by atoms with Crippen molar-refractivity contribution >= 4 is 12.4 Å². The van der Waals surface area contributed by atoms with Gasteiger partial charge in [0.1, 0.15) is 0 Å². The van der Waals surface area contributed by atoms with Crippen molar-refractivity contribution < 1.29 is 5.11 Å². The molecular formula is C5H14ClNO. The van der Waals surface area contributed by atoms with Crippen LogP contribution in [0.2, 0.25) is 0 Å². The van der Waals surface area contributed by atoms with E-state index in [1.807, 2.05) is 0 Å². The third kappa shape index (κ3) is 4.37. The summed E-state index contributed by atoms with van der Waals surface area (Å²) in [6.07, 6.45) is 0. The first-order valence-electron chi connectivity index (χ1n) is 2.42. The fraction of sp³-hybridized carbons (Fsp3) is 1.00. The van der Waals surface area contributed by atoms with Crippen LogP contribution in [-0.2, 0) is 0 Å². The standard InChI is InChI=1S/C5H13NO.ClH/c1-4(6)5(2,3)7;/h4,7H,6H2,1-3H3;1H/t4-;/m1./s1. The zero-order chi connectivity index (χ0) is 6.08. The van der Waals surface area contributed by atoms with E-state index in [4.69, 9.17) is 10.8 Å². The average Bonchev–Trinajstić information content (AvgIpc) is 1.31. The van der Waals surface area contributed by atoms with Gasteiger partial charge in [0.25, 0.3) is 0 Å². The van der Waals surface area contributed by atoms with Crippen LogP contribution in [0.3, 0.4) is 0 Å². The van der Waals surface area contributed by atoms with Gasteiger partial charge in [0.2, 0.25) is 0 Å². The molecule has 0 aromatic carbocycles. The van der Waals surface area contributed by atoms with Gasteiger partial charge in [-0.1, -0.05) is 0 Å². The third-order valence-corrected chi connectivity index (χ3v) is 1.11. The Morgan fingerprint density at radius 3 is 1.62 bits per heavy atom.